The molecule has 0 fully saturated rings. The molecular formula is C18H22N2O4. The molecule has 0 aliphatic rings. The molecular weight excluding hydrogens is 308 g/mol. The fraction of sp³-hybridized carbons (Fsp3) is 0.333. The molecule has 6 nitrogen and oxygen atoms in total. The number of nitrogens with zero attached hydrogens (tertiary/aromatic N) is 2. The number of rotatable bonds is 8. The Labute approximate surface area is 141 Å². The fourth-order valence-corrected chi connectivity index (χ4v) is 2.51. The molecule has 0 aromatic heterocycles. The van der Waals surface area contributed by atoms with Crippen LogP contribution < -0.4 is 9.64 Å². The summed E-state index contributed by atoms with van der Waals surface area (Å²) in [6.45, 7) is 2.65. The van der Waals surface area contributed by atoms with Crippen LogP contribution in [-0.4, -0.2) is 36.3 Å². The number of benzene rings is 2. The van der Waals surface area contributed by atoms with Gasteiger partial charge >= 0.3 is 0 Å². The molecule has 0 saturated carbocycles. The third-order valence-corrected chi connectivity index (χ3v) is 3.76. The summed E-state index contributed by atoms with van der Waals surface area (Å²) in [5, 5.41) is 20.8. The molecule has 128 valence electrons. The maximum Gasteiger partial charge on any atom is 0.269 e. The number of likely N-dealkylation sites (N-methyl/N-ethyl adjacent to an activating group) is 1. The van der Waals surface area contributed by atoms with E-state index in [1.807, 2.05) is 30.1 Å². The van der Waals surface area contributed by atoms with Crippen molar-refractivity contribution in [3.63, 3.8) is 0 Å². The van der Waals surface area contributed by atoms with Crippen LogP contribution in [0.4, 0.5) is 11.4 Å². The standard InChI is InChI=1S/C18H22N2O4/c1-3-14-6-4-5-7-18(14)19(2)12-16(21)13-24-17-10-8-15(9-11-17)20(22)23/h4-11,16,21H,3,12-13H2,1-2H3. The van der Waals surface area contributed by atoms with Gasteiger partial charge < -0.3 is 14.7 Å². The van der Waals surface area contributed by atoms with Crippen LogP contribution in [0.25, 0.3) is 0 Å². The van der Waals surface area contributed by atoms with Crippen molar-refractivity contribution in [2.24, 2.45) is 0 Å². The first kappa shape index (κ1) is 17.7. The first-order valence-electron chi connectivity index (χ1n) is 7.85. The summed E-state index contributed by atoms with van der Waals surface area (Å²) in [7, 11) is 1.93. The average molecular weight is 330 g/mol. The Morgan fingerprint density at radius 3 is 2.50 bits per heavy atom. The first-order valence-corrected chi connectivity index (χ1v) is 7.85. The van der Waals surface area contributed by atoms with Crippen LogP contribution in [0.1, 0.15) is 12.5 Å². The zero-order chi connectivity index (χ0) is 17.5. The van der Waals surface area contributed by atoms with Gasteiger partial charge in [-0.15, -0.1) is 0 Å². The summed E-state index contributed by atoms with van der Waals surface area (Å²) in [5.41, 5.74) is 2.33. The molecule has 0 saturated heterocycles. The molecule has 6 heteroatoms. The van der Waals surface area contributed by atoms with E-state index in [2.05, 4.69) is 13.0 Å². The van der Waals surface area contributed by atoms with Crippen LogP contribution in [0, 0.1) is 10.1 Å². The van der Waals surface area contributed by atoms with E-state index in [-0.39, 0.29) is 12.3 Å². The first-order chi connectivity index (χ1) is 11.5. The molecule has 2 rings (SSSR count). The third-order valence-electron chi connectivity index (χ3n) is 3.76. The Kier molecular flexibility index (Phi) is 6.14. The van der Waals surface area contributed by atoms with Crippen molar-refractivity contribution in [3.8, 4) is 5.75 Å². The molecule has 0 aliphatic heterocycles. The monoisotopic (exact) mass is 330 g/mol. The second-order valence-corrected chi connectivity index (χ2v) is 5.58. The highest BCUT2D eigenvalue weighted by Crippen LogP contribution is 2.20. The summed E-state index contributed by atoms with van der Waals surface area (Å²) in [6, 6.07) is 13.9. The number of nitro benzene ring substituents is 1. The Morgan fingerprint density at radius 1 is 1.21 bits per heavy atom. The van der Waals surface area contributed by atoms with Crippen LogP contribution in [0.5, 0.6) is 5.75 Å². The number of hydrogen-bond donors (Lipinski definition) is 1. The van der Waals surface area contributed by atoms with Crippen molar-refractivity contribution in [2.45, 2.75) is 19.4 Å². The Hall–Kier alpha value is -2.60. The van der Waals surface area contributed by atoms with E-state index in [0.717, 1.165) is 12.1 Å². The van der Waals surface area contributed by atoms with E-state index < -0.39 is 11.0 Å². The highest BCUT2D eigenvalue weighted by atomic mass is 16.6. The maximum absolute atomic E-state index is 10.6. The number of nitro groups is 1. The van der Waals surface area contributed by atoms with Crippen LogP contribution in [0.3, 0.4) is 0 Å². The van der Waals surface area contributed by atoms with Crippen molar-refractivity contribution < 1.29 is 14.8 Å². The largest absolute Gasteiger partial charge is 0.491 e. The van der Waals surface area contributed by atoms with Crippen LogP contribution >= 0.6 is 0 Å². The Morgan fingerprint density at radius 2 is 1.88 bits per heavy atom. The topological polar surface area (TPSA) is 75.8 Å². The molecule has 0 heterocycles. The number of aryl methyl sites for hydroxylation is 1. The number of para-hydroxylation sites is 1. The minimum atomic E-state index is -0.671. The number of anilines is 1. The zero-order valence-electron chi connectivity index (χ0n) is 13.9. The number of aliphatic hydroxyl groups excluding tert-OH is 1. The molecule has 0 bridgehead atoms. The molecule has 1 atom stereocenters. The van der Waals surface area contributed by atoms with E-state index in [9.17, 15) is 15.2 Å². The molecule has 0 aliphatic carbocycles. The lowest BCUT2D eigenvalue weighted by atomic mass is 10.1. The second kappa shape index (κ2) is 8.31. The Balaban J connectivity index is 1.88. The zero-order valence-corrected chi connectivity index (χ0v) is 13.9. The second-order valence-electron chi connectivity index (χ2n) is 5.58. The third kappa shape index (κ3) is 4.70. The van der Waals surface area contributed by atoms with Gasteiger partial charge in [0, 0.05) is 31.4 Å². The summed E-state index contributed by atoms with van der Waals surface area (Å²) >= 11 is 0. The molecule has 2 aromatic rings. The molecule has 0 amide bonds. The quantitative estimate of drug-likeness (QED) is 0.595. The van der Waals surface area contributed by atoms with E-state index in [0.29, 0.717) is 12.3 Å². The van der Waals surface area contributed by atoms with Crippen molar-refractivity contribution in [3.05, 3.63) is 64.2 Å². The van der Waals surface area contributed by atoms with Gasteiger partial charge in [0.2, 0.25) is 0 Å². The fourth-order valence-electron chi connectivity index (χ4n) is 2.51. The molecule has 1 unspecified atom stereocenters. The van der Waals surface area contributed by atoms with Crippen LogP contribution in [0.2, 0.25) is 0 Å². The van der Waals surface area contributed by atoms with E-state index >= 15 is 0 Å². The smallest absolute Gasteiger partial charge is 0.269 e. The van der Waals surface area contributed by atoms with Crippen LogP contribution in [-0.2, 0) is 6.42 Å². The molecule has 24 heavy (non-hydrogen) atoms. The predicted molar refractivity (Wildman–Crippen MR) is 93.7 cm³/mol. The summed E-state index contributed by atoms with van der Waals surface area (Å²) in [4.78, 5) is 12.1. The van der Waals surface area contributed by atoms with Gasteiger partial charge in [-0.1, -0.05) is 25.1 Å². The van der Waals surface area contributed by atoms with E-state index in [4.69, 9.17) is 4.74 Å². The van der Waals surface area contributed by atoms with Gasteiger partial charge in [-0.2, -0.15) is 0 Å². The highest BCUT2D eigenvalue weighted by Gasteiger charge is 2.12. The predicted octanol–water partition coefficient (Wildman–Crippen LogP) is 3.03. The van der Waals surface area contributed by atoms with Gasteiger partial charge in [-0.05, 0) is 30.2 Å². The van der Waals surface area contributed by atoms with Crippen molar-refractivity contribution in [2.75, 3.05) is 25.1 Å². The minimum Gasteiger partial charge on any atom is -0.491 e. The molecule has 0 spiro atoms. The normalized spacial score (nSPS) is 11.8. The van der Waals surface area contributed by atoms with Gasteiger partial charge in [0.15, 0.2) is 0 Å². The lowest BCUT2D eigenvalue weighted by Gasteiger charge is -2.25. The Bertz CT molecular complexity index is 673. The highest BCUT2D eigenvalue weighted by molar-refractivity contribution is 5.53. The lowest BCUT2D eigenvalue weighted by molar-refractivity contribution is -0.384. The number of ether oxygens (including phenoxy) is 1. The van der Waals surface area contributed by atoms with Crippen molar-refractivity contribution in [1.29, 1.82) is 0 Å². The molecule has 0 radical (unpaired) electrons. The molecule has 2 aromatic carbocycles. The van der Waals surface area contributed by atoms with E-state index in [1.54, 1.807) is 0 Å². The number of aliphatic hydroxyl groups is 1. The SMILES string of the molecule is CCc1ccccc1N(C)CC(O)COc1ccc([N+](=O)[O-])cc1. The average Bonchev–Trinajstić information content (AvgIpc) is 2.60. The van der Waals surface area contributed by atoms with Crippen molar-refractivity contribution >= 4 is 11.4 Å². The van der Waals surface area contributed by atoms with E-state index in [1.165, 1.54) is 29.8 Å². The summed E-state index contributed by atoms with van der Waals surface area (Å²) < 4.78 is 5.50. The summed E-state index contributed by atoms with van der Waals surface area (Å²) in [5.74, 6) is 0.497. The van der Waals surface area contributed by atoms with Crippen molar-refractivity contribution in [1.82, 2.24) is 0 Å². The summed E-state index contributed by atoms with van der Waals surface area (Å²) in [6.07, 6.45) is 0.255. The minimum absolute atomic E-state index is 0.0128. The number of hydrogen-bond acceptors (Lipinski definition) is 5. The molecule has 1 N–H and O–H groups in total. The van der Waals surface area contributed by atoms with Gasteiger partial charge in [0.25, 0.3) is 5.69 Å². The van der Waals surface area contributed by atoms with Gasteiger partial charge in [-0.25, -0.2) is 0 Å². The van der Waals surface area contributed by atoms with Gasteiger partial charge in [0.05, 0.1) is 4.92 Å². The number of non-ortho nitro benzene ring substituents is 1. The maximum atomic E-state index is 10.6. The lowest BCUT2D eigenvalue weighted by Crippen LogP contribution is -2.33. The van der Waals surface area contributed by atoms with Gasteiger partial charge in [-0.3, -0.25) is 10.1 Å². The van der Waals surface area contributed by atoms with Crippen LogP contribution in [0.15, 0.2) is 48.5 Å². The van der Waals surface area contributed by atoms with Gasteiger partial charge in [0.1, 0.15) is 18.5 Å².